The molecule has 0 heterocycles. The number of methoxy groups -OCH3 is 2. The maximum Gasteiger partial charge on any atom is 0.264 e. The van der Waals surface area contributed by atoms with Crippen LogP contribution < -0.4 is 19.1 Å². The van der Waals surface area contributed by atoms with Crippen LogP contribution in [0.2, 0.25) is 0 Å². The molecule has 0 fully saturated rings. The quantitative estimate of drug-likeness (QED) is 0.532. The van der Waals surface area contributed by atoms with Gasteiger partial charge in [0.15, 0.2) is 11.5 Å². The molecule has 3 aromatic carbocycles. The lowest BCUT2D eigenvalue weighted by Crippen LogP contribution is -2.28. The number of ether oxygens (including phenoxy) is 2. The van der Waals surface area contributed by atoms with E-state index in [9.17, 15) is 13.2 Å². The van der Waals surface area contributed by atoms with E-state index in [0.717, 1.165) is 15.4 Å². The molecule has 174 valence electrons. The van der Waals surface area contributed by atoms with E-state index in [1.807, 2.05) is 38.1 Å². The highest BCUT2D eigenvalue weighted by molar-refractivity contribution is 7.92. The molecule has 0 bridgehead atoms. The van der Waals surface area contributed by atoms with Gasteiger partial charge in [0.2, 0.25) is 0 Å². The number of anilines is 1. The van der Waals surface area contributed by atoms with Crippen molar-refractivity contribution in [3.63, 3.8) is 0 Å². The highest BCUT2D eigenvalue weighted by Gasteiger charge is 2.23. The van der Waals surface area contributed by atoms with Gasteiger partial charge in [-0.2, -0.15) is 0 Å². The van der Waals surface area contributed by atoms with E-state index in [-0.39, 0.29) is 16.8 Å². The van der Waals surface area contributed by atoms with Gasteiger partial charge < -0.3 is 14.8 Å². The maximum absolute atomic E-state index is 13.1. The first-order valence-corrected chi connectivity index (χ1v) is 11.8. The molecule has 1 amide bonds. The minimum absolute atomic E-state index is 0.0661. The Balaban J connectivity index is 1.76. The van der Waals surface area contributed by atoms with E-state index in [2.05, 4.69) is 5.32 Å². The lowest BCUT2D eigenvalue weighted by molar-refractivity contribution is 0.0940. The Hall–Kier alpha value is -3.52. The van der Waals surface area contributed by atoms with Crippen LogP contribution in [-0.2, 0) is 10.0 Å². The Kier molecular flexibility index (Phi) is 7.28. The van der Waals surface area contributed by atoms with Crippen LogP contribution >= 0.6 is 0 Å². The van der Waals surface area contributed by atoms with Crippen LogP contribution in [0.15, 0.2) is 71.6 Å². The molecule has 0 radical (unpaired) electrons. The van der Waals surface area contributed by atoms with Gasteiger partial charge in [0.05, 0.1) is 30.8 Å². The SMILES string of the molecule is COc1ccc(S(=O)(=O)N(C)c2ccc(C(=O)N[C@H](C)c3ccc(C)cc3)cc2)cc1OC. The molecule has 0 saturated heterocycles. The number of carbonyl (C=O) groups is 1. The summed E-state index contributed by atoms with van der Waals surface area (Å²) >= 11 is 0. The molecule has 33 heavy (non-hydrogen) atoms. The van der Waals surface area contributed by atoms with E-state index in [1.54, 1.807) is 30.3 Å². The Bertz CT molecular complexity index is 1220. The van der Waals surface area contributed by atoms with Crippen LogP contribution in [0.25, 0.3) is 0 Å². The number of nitrogens with one attached hydrogen (secondary N) is 1. The van der Waals surface area contributed by atoms with Gasteiger partial charge in [0.1, 0.15) is 0 Å². The van der Waals surface area contributed by atoms with E-state index in [4.69, 9.17) is 9.47 Å². The molecule has 8 heteroatoms. The Morgan fingerprint density at radius 1 is 0.909 bits per heavy atom. The largest absolute Gasteiger partial charge is 0.493 e. The summed E-state index contributed by atoms with van der Waals surface area (Å²) in [6, 6.07) is 18.6. The fourth-order valence-corrected chi connectivity index (χ4v) is 4.53. The van der Waals surface area contributed by atoms with E-state index in [0.29, 0.717) is 22.7 Å². The van der Waals surface area contributed by atoms with Crippen LogP contribution in [0, 0.1) is 6.92 Å². The summed E-state index contributed by atoms with van der Waals surface area (Å²) in [7, 11) is 0.544. The zero-order valence-electron chi connectivity index (χ0n) is 19.3. The zero-order valence-corrected chi connectivity index (χ0v) is 20.1. The number of rotatable bonds is 8. The first-order chi connectivity index (χ1) is 15.7. The standard InChI is InChI=1S/C25H28N2O5S/c1-17-6-8-19(9-7-17)18(2)26-25(28)20-10-12-21(13-11-20)27(3)33(29,30)22-14-15-23(31-4)24(16-22)32-5/h6-16,18H,1-5H3,(H,26,28)/t18-/m1/s1. The number of hydrogen-bond acceptors (Lipinski definition) is 5. The summed E-state index contributed by atoms with van der Waals surface area (Å²) in [5.41, 5.74) is 3.02. The van der Waals surface area contributed by atoms with Crippen molar-refractivity contribution in [3.05, 3.63) is 83.4 Å². The third kappa shape index (κ3) is 5.28. The molecule has 7 nitrogen and oxygen atoms in total. The van der Waals surface area contributed by atoms with Crippen molar-refractivity contribution in [2.75, 3.05) is 25.6 Å². The summed E-state index contributed by atoms with van der Waals surface area (Å²) in [4.78, 5) is 12.7. The molecule has 0 aliphatic rings. The third-order valence-electron chi connectivity index (χ3n) is 5.43. The molecular formula is C25H28N2O5S. The van der Waals surface area contributed by atoms with Crippen LogP contribution in [0.3, 0.4) is 0 Å². The van der Waals surface area contributed by atoms with Crippen LogP contribution in [0.4, 0.5) is 5.69 Å². The minimum Gasteiger partial charge on any atom is -0.493 e. The first-order valence-electron chi connectivity index (χ1n) is 10.4. The van der Waals surface area contributed by atoms with E-state index >= 15 is 0 Å². The normalized spacial score (nSPS) is 12.0. The van der Waals surface area contributed by atoms with Gasteiger partial charge in [-0.25, -0.2) is 8.42 Å². The van der Waals surface area contributed by atoms with E-state index < -0.39 is 10.0 Å². The van der Waals surface area contributed by atoms with Crippen molar-refractivity contribution in [3.8, 4) is 11.5 Å². The van der Waals surface area contributed by atoms with Gasteiger partial charge >= 0.3 is 0 Å². The molecule has 1 N–H and O–H groups in total. The number of nitrogens with zero attached hydrogens (tertiary/aromatic N) is 1. The highest BCUT2D eigenvalue weighted by atomic mass is 32.2. The van der Waals surface area contributed by atoms with E-state index in [1.165, 1.54) is 33.4 Å². The topological polar surface area (TPSA) is 84.9 Å². The lowest BCUT2D eigenvalue weighted by atomic mass is 10.1. The molecule has 3 rings (SSSR count). The van der Waals surface area contributed by atoms with Gasteiger partial charge in [-0.15, -0.1) is 0 Å². The predicted molar refractivity (Wildman–Crippen MR) is 129 cm³/mol. The molecule has 0 spiro atoms. The number of aryl methyl sites for hydroxylation is 1. The Morgan fingerprint density at radius 3 is 2.09 bits per heavy atom. The van der Waals surface area contributed by atoms with Crippen molar-refractivity contribution in [2.24, 2.45) is 0 Å². The summed E-state index contributed by atoms with van der Waals surface area (Å²) in [5.74, 6) is 0.524. The van der Waals surface area contributed by atoms with Crippen LogP contribution in [-0.4, -0.2) is 35.6 Å². The second kappa shape index (κ2) is 9.95. The lowest BCUT2D eigenvalue weighted by Gasteiger charge is -2.21. The van der Waals surface area contributed by atoms with Gasteiger partial charge in [-0.05, 0) is 55.8 Å². The Morgan fingerprint density at radius 2 is 1.52 bits per heavy atom. The molecule has 0 unspecified atom stereocenters. The summed E-state index contributed by atoms with van der Waals surface area (Å²) in [6.45, 7) is 3.93. The number of sulfonamides is 1. The molecular weight excluding hydrogens is 440 g/mol. The first kappa shape index (κ1) is 24.1. The van der Waals surface area contributed by atoms with Crippen molar-refractivity contribution < 1.29 is 22.7 Å². The highest BCUT2D eigenvalue weighted by Crippen LogP contribution is 2.31. The number of carbonyl (C=O) groups excluding carboxylic acids is 1. The van der Waals surface area contributed by atoms with Crippen LogP contribution in [0.5, 0.6) is 11.5 Å². The van der Waals surface area contributed by atoms with Crippen molar-refractivity contribution in [2.45, 2.75) is 24.8 Å². The number of amides is 1. The second-order valence-electron chi connectivity index (χ2n) is 7.64. The fourth-order valence-electron chi connectivity index (χ4n) is 3.32. The summed E-state index contributed by atoms with van der Waals surface area (Å²) < 4.78 is 37.7. The minimum atomic E-state index is -3.84. The van der Waals surface area contributed by atoms with Crippen molar-refractivity contribution >= 4 is 21.6 Å². The van der Waals surface area contributed by atoms with Crippen molar-refractivity contribution in [1.29, 1.82) is 0 Å². The number of benzene rings is 3. The maximum atomic E-state index is 13.1. The molecule has 0 aromatic heterocycles. The molecule has 0 saturated carbocycles. The van der Waals surface area contributed by atoms with Gasteiger partial charge in [-0.3, -0.25) is 9.10 Å². The average Bonchev–Trinajstić information content (AvgIpc) is 2.83. The van der Waals surface area contributed by atoms with Crippen molar-refractivity contribution in [1.82, 2.24) is 5.32 Å². The monoisotopic (exact) mass is 468 g/mol. The second-order valence-corrected chi connectivity index (χ2v) is 9.61. The fraction of sp³-hybridized carbons (Fsp3) is 0.240. The zero-order chi connectivity index (χ0) is 24.2. The molecule has 0 aliphatic carbocycles. The van der Waals surface area contributed by atoms with Gasteiger partial charge in [0, 0.05) is 18.7 Å². The van der Waals surface area contributed by atoms with Gasteiger partial charge in [0.25, 0.3) is 15.9 Å². The predicted octanol–water partition coefficient (Wildman–Crippen LogP) is 4.33. The summed E-state index contributed by atoms with van der Waals surface area (Å²) in [6.07, 6.45) is 0. The average molecular weight is 469 g/mol. The summed E-state index contributed by atoms with van der Waals surface area (Å²) in [5, 5.41) is 2.96. The Labute approximate surface area is 195 Å². The molecule has 0 aliphatic heterocycles. The van der Waals surface area contributed by atoms with Crippen LogP contribution in [0.1, 0.15) is 34.5 Å². The third-order valence-corrected chi connectivity index (χ3v) is 7.21. The van der Waals surface area contributed by atoms with Gasteiger partial charge in [-0.1, -0.05) is 29.8 Å². The molecule has 1 atom stereocenters. The molecule has 3 aromatic rings. The number of hydrogen-bond donors (Lipinski definition) is 1. The smallest absolute Gasteiger partial charge is 0.264 e.